The molecule has 0 aliphatic heterocycles. The van der Waals surface area contributed by atoms with Crippen molar-refractivity contribution in [3.05, 3.63) is 91.0 Å². The van der Waals surface area contributed by atoms with Gasteiger partial charge in [0.2, 0.25) is 0 Å². The van der Waals surface area contributed by atoms with Gasteiger partial charge in [0, 0.05) is 11.2 Å². The SMILES string of the molecule is CCCCC(C(=O)C(C)C)=P(c1ccccc1)(c1ccccc1)c1ccccc1. The molecular formula is C27H31OP. The van der Waals surface area contributed by atoms with Gasteiger partial charge in [-0.1, -0.05) is 118 Å². The highest BCUT2D eigenvalue weighted by Gasteiger charge is 2.33. The van der Waals surface area contributed by atoms with E-state index < -0.39 is 6.89 Å². The lowest BCUT2D eigenvalue weighted by molar-refractivity contribution is -0.115. The van der Waals surface area contributed by atoms with Crippen molar-refractivity contribution in [2.75, 3.05) is 0 Å². The molecule has 0 bridgehead atoms. The zero-order chi connectivity index (χ0) is 20.7. The van der Waals surface area contributed by atoms with Crippen molar-refractivity contribution in [2.45, 2.75) is 40.0 Å². The normalized spacial score (nSPS) is 11.4. The molecule has 0 amide bonds. The van der Waals surface area contributed by atoms with Crippen LogP contribution >= 0.6 is 6.89 Å². The van der Waals surface area contributed by atoms with Crippen LogP contribution in [0.3, 0.4) is 0 Å². The van der Waals surface area contributed by atoms with Crippen molar-refractivity contribution in [2.24, 2.45) is 5.92 Å². The maximum absolute atomic E-state index is 13.7. The number of hydrogen-bond acceptors (Lipinski definition) is 1. The first-order chi connectivity index (χ1) is 14.1. The number of hydrogen-bond donors (Lipinski definition) is 0. The van der Waals surface area contributed by atoms with E-state index in [0.29, 0.717) is 5.78 Å². The van der Waals surface area contributed by atoms with E-state index in [2.05, 4.69) is 97.9 Å². The van der Waals surface area contributed by atoms with Gasteiger partial charge in [0.15, 0.2) is 5.78 Å². The third-order valence-corrected chi connectivity index (χ3v) is 9.88. The molecule has 3 rings (SSSR count). The lowest BCUT2D eigenvalue weighted by Crippen LogP contribution is -2.35. The van der Waals surface area contributed by atoms with Gasteiger partial charge in [-0.25, -0.2) is 0 Å². The zero-order valence-electron chi connectivity index (χ0n) is 17.7. The van der Waals surface area contributed by atoms with E-state index in [9.17, 15) is 4.79 Å². The summed E-state index contributed by atoms with van der Waals surface area (Å²) in [5, 5.41) is 4.89. The summed E-state index contributed by atoms with van der Waals surface area (Å²) < 4.78 is 0. The Hall–Kier alpha value is -2.37. The first-order valence-electron chi connectivity index (χ1n) is 10.6. The Morgan fingerprint density at radius 3 is 1.41 bits per heavy atom. The van der Waals surface area contributed by atoms with E-state index in [0.717, 1.165) is 24.6 Å². The molecule has 3 aromatic rings. The largest absolute Gasteiger partial charge is 0.294 e. The quantitative estimate of drug-likeness (QED) is 0.450. The van der Waals surface area contributed by atoms with Crippen LogP contribution < -0.4 is 15.9 Å². The predicted octanol–water partition coefficient (Wildman–Crippen LogP) is 5.57. The summed E-state index contributed by atoms with van der Waals surface area (Å²) in [6, 6.07) is 32.1. The minimum absolute atomic E-state index is 0.0163. The highest BCUT2D eigenvalue weighted by molar-refractivity contribution is 7.96. The molecular weight excluding hydrogens is 371 g/mol. The molecule has 0 saturated carbocycles. The maximum atomic E-state index is 13.7. The highest BCUT2D eigenvalue weighted by Crippen LogP contribution is 2.47. The fraction of sp³-hybridized carbons (Fsp3) is 0.259. The standard InChI is InChI=1S/C27H31OP/c1-4-5-21-26(27(28)22(2)3)29(23-15-9-6-10-16-23,24-17-11-7-12-18-24)25-19-13-8-14-20-25/h6-20,22H,4-5,21H2,1-3H3. The topological polar surface area (TPSA) is 17.1 Å². The molecule has 0 N–H and O–H groups in total. The Balaban J connectivity index is 2.55. The molecule has 0 unspecified atom stereocenters. The summed E-state index contributed by atoms with van der Waals surface area (Å²) >= 11 is 0. The van der Waals surface area contributed by atoms with Crippen molar-refractivity contribution in [1.82, 2.24) is 0 Å². The molecule has 1 nitrogen and oxygen atoms in total. The third kappa shape index (κ3) is 4.31. The summed E-state index contributed by atoms with van der Waals surface area (Å²) in [4.78, 5) is 13.7. The first-order valence-corrected chi connectivity index (χ1v) is 12.4. The van der Waals surface area contributed by atoms with Crippen molar-refractivity contribution in [3.8, 4) is 0 Å². The van der Waals surface area contributed by atoms with Crippen LogP contribution in [-0.4, -0.2) is 11.1 Å². The number of unbranched alkanes of at least 4 members (excludes halogenated alkanes) is 1. The average Bonchev–Trinajstić information content (AvgIpc) is 2.78. The van der Waals surface area contributed by atoms with E-state index in [4.69, 9.17) is 0 Å². The Kier molecular flexibility index (Phi) is 7.29. The minimum atomic E-state index is -2.24. The molecule has 150 valence electrons. The molecule has 0 saturated heterocycles. The second-order valence-corrected chi connectivity index (χ2v) is 11.2. The summed E-state index contributed by atoms with van der Waals surface area (Å²) in [6.45, 7) is 4.03. The maximum Gasteiger partial charge on any atom is 0.162 e. The van der Waals surface area contributed by atoms with Crippen molar-refractivity contribution in [3.63, 3.8) is 0 Å². The Bertz CT molecular complexity index is 869. The number of Topliss-reactive ketones (excluding diaryl/α,β-unsaturated/α-hetero) is 1. The van der Waals surface area contributed by atoms with Crippen LogP contribution in [0.25, 0.3) is 0 Å². The van der Waals surface area contributed by atoms with Gasteiger partial charge in [0.05, 0.1) is 0 Å². The van der Waals surface area contributed by atoms with Crippen LogP contribution in [0.1, 0.15) is 40.0 Å². The fourth-order valence-electron chi connectivity index (χ4n) is 4.00. The van der Waals surface area contributed by atoms with E-state index in [1.165, 1.54) is 15.9 Å². The molecule has 0 heterocycles. The van der Waals surface area contributed by atoms with Gasteiger partial charge < -0.3 is 0 Å². The molecule has 3 aromatic carbocycles. The van der Waals surface area contributed by atoms with Gasteiger partial charge in [-0.3, -0.25) is 4.79 Å². The van der Waals surface area contributed by atoms with Crippen molar-refractivity contribution < 1.29 is 4.79 Å². The third-order valence-electron chi connectivity index (χ3n) is 5.41. The molecule has 0 fully saturated rings. The van der Waals surface area contributed by atoms with E-state index >= 15 is 0 Å². The van der Waals surface area contributed by atoms with Crippen LogP contribution in [0.4, 0.5) is 0 Å². The summed E-state index contributed by atoms with van der Waals surface area (Å²) in [5.41, 5.74) is 0. The van der Waals surface area contributed by atoms with Gasteiger partial charge >= 0.3 is 0 Å². The fourth-order valence-corrected chi connectivity index (χ4v) is 8.77. The Labute approximate surface area is 175 Å². The summed E-state index contributed by atoms with van der Waals surface area (Å²) in [7, 11) is 0. The lowest BCUT2D eigenvalue weighted by Gasteiger charge is -2.33. The van der Waals surface area contributed by atoms with Crippen LogP contribution in [-0.2, 0) is 4.79 Å². The van der Waals surface area contributed by atoms with Crippen molar-refractivity contribution in [1.29, 1.82) is 0 Å². The van der Waals surface area contributed by atoms with Gasteiger partial charge in [-0.15, -0.1) is 0 Å². The van der Waals surface area contributed by atoms with Crippen LogP contribution in [0.15, 0.2) is 91.0 Å². The number of ketones is 1. The predicted molar refractivity (Wildman–Crippen MR) is 130 cm³/mol. The van der Waals surface area contributed by atoms with Gasteiger partial charge in [0.25, 0.3) is 0 Å². The smallest absolute Gasteiger partial charge is 0.162 e. The highest BCUT2D eigenvalue weighted by atomic mass is 31.2. The first kappa shape index (κ1) is 21.3. The molecule has 0 radical (unpaired) electrons. The van der Waals surface area contributed by atoms with Crippen LogP contribution in [0.5, 0.6) is 0 Å². The van der Waals surface area contributed by atoms with Crippen molar-refractivity contribution >= 4 is 33.9 Å². The van der Waals surface area contributed by atoms with Gasteiger partial charge in [-0.05, 0) is 35.6 Å². The molecule has 0 spiro atoms. The monoisotopic (exact) mass is 402 g/mol. The van der Waals surface area contributed by atoms with E-state index in [-0.39, 0.29) is 5.92 Å². The second kappa shape index (κ2) is 9.90. The lowest BCUT2D eigenvalue weighted by atomic mass is 10.0. The van der Waals surface area contributed by atoms with E-state index in [1.807, 2.05) is 13.8 Å². The number of benzene rings is 3. The molecule has 0 aliphatic rings. The summed E-state index contributed by atoms with van der Waals surface area (Å²) in [5.74, 6) is 0.292. The van der Waals surface area contributed by atoms with Gasteiger partial charge in [0.1, 0.15) is 0 Å². The second-order valence-electron chi connectivity index (χ2n) is 7.75. The average molecular weight is 403 g/mol. The molecule has 0 aromatic heterocycles. The van der Waals surface area contributed by atoms with E-state index in [1.54, 1.807) is 0 Å². The Morgan fingerprint density at radius 2 is 1.10 bits per heavy atom. The molecule has 0 aliphatic carbocycles. The number of carbonyl (C=O) groups excluding carboxylic acids is 1. The summed E-state index contributed by atoms with van der Waals surface area (Å²) in [6.07, 6.45) is 2.95. The molecule has 29 heavy (non-hydrogen) atoms. The van der Waals surface area contributed by atoms with Gasteiger partial charge in [-0.2, -0.15) is 0 Å². The number of carbonyl (C=O) groups is 1. The Morgan fingerprint density at radius 1 is 0.724 bits per heavy atom. The van der Waals surface area contributed by atoms with Crippen LogP contribution in [0, 0.1) is 5.92 Å². The number of rotatable bonds is 8. The molecule has 2 heteroatoms. The molecule has 0 atom stereocenters. The minimum Gasteiger partial charge on any atom is -0.294 e. The van der Waals surface area contributed by atoms with Crippen LogP contribution in [0.2, 0.25) is 0 Å². The zero-order valence-corrected chi connectivity index (χ0v) is 18.6.